The summed E-state index contributed by atoms with van der Waals surface area (Å²) < 4.78 is 19.1. The topological polar surface area (TPSA) is 41.8 Å². The largest absolute Gasteiger partial charge is 0.394 e. The van der Waals surface area contributed by atoms with E-state index < -0.39 is 0 Å². The first-order chi connectivity index (χ1) is 11.9. The van der Waals surface area contributed by atoms with E-state index in [1.165, 1.54) is 6.08 Å². The fourth-order valence-electron chi connectivity index (χ4n) is 2.68. The van der Waals surface area contributed by atoms with Crippen molar-refractivity contribution in [3.63, 3.8) is 0 Å². The van der Waals surface area contributed by atoms with Gasteiger partial charge in [0.1, 0.15) is 5.83 Å². The van der Waals surface area contributed by atoms with E-state index in [0.29, 0.717) is 11.7 Å². The van der Waals surface area contributed by atoms with Gasteiger partial charge in [0.2, 0.25) is 0 Å². The zero-order valence-corrected chi connectivity index (χ0v) is 16.8. The lowest BCUT2D eigenvalue weighted by Gasteiger charge is -2.09. The quantitative estimate of drug-likeness (QED) is 0.457. The van der Waals surface area contributed by atoms with Crippen molar-refractivity contribution in [1.29, 1.82) is 0 Å². The maximum Gasteiger partial charge on any atom is 0.127 e. The van der Waals surface area contributed by atoms with Gasteiger partial charge in [-0.3, -0.25) is 4.99 Å². The Kier molecular flexibility index (Phi) is 13.3. The summed E-state index contributed by atoms with van der Waals surface area (Å²) in [4.78, 5) is 4.28. The molecule has 2 atom stereocenters. The van der Waals surface area contributed by atoms with Crippen LogP contribution in [-0.4, -0.2) is 29.6 Å². The number of ether oxygens (including phenoxy) is 1. The molecular weight excluding hydrogens is 317 g/mol. The normalized spacial score (nSPS) is 22.7. The first-order valence-electron chi connectivity index (χ1n) is 9.39. The van der Waals surface area contributed by atoms with Crippen LogP contribution in [0, 0.1) is 0 Å². The molecule has 0 saturated carbocycles. The van der Waals surface area contributed by atoms with Gasteiger partial charge in [0.15, 0.2) is 0 Å². The number of hydrogen-bond donors (Lipinski definition) is 1. The van der Waals surface area contributed by atoms with Gasteiger partial charge in [-0.25, -0.2) is 4.39 Å². The van der Waals surface area contributed by atoms with Gasteiger partial charge in [-0.1, -0.05) is 38.0 Å². The monoisotopic (exact) mass is 353 g/mol. The minimum atomic E-state index is -0.179. The van der Waals surface area contributed by atoms with Gasteiger partial charge in [0.05, 0.1) is 18.8 Å². The molecule has 0 radical (unpaired) electrons. The van der Waals surface area contributed by atoms with Gasteiger partial charge in [0, 0.05) is 17.5 Å². The van der Waals surface area contributed by atoms with E-state index >= 15 is 0 Å². The molecule has 2 unspecified atom stereocenters. The van der Waals surface area contributed by atoms with Crippen molar-refractivity contribution in [1.82, 2.24) is 0 Å². The summed E-state index contributed by atoms with van der Waals surface area (Å²) >= 11 is 0. The van der Waals surface area contributed by atoms with Crippen LogP contribution in [0.4, 0.5) is 4.39 Å². The molecule has 0 spiro atoms. The van der Waals surface area contributed by atoms with Crippen LogP contribution in [-0.2, 0) is 4.74 Å². The molecular formula is C21H36FNO2. The summed E-state index contributed by atoms with van der Waals surface area (Å²) in [5.41, 5.74) is 2.47. The van der Waals surface area contributed by atoms with Crippen LogP contribution in [0.25, 0.3) is 0 Å². The molecule has 3 nitrogen and oxygen atoms in total. The van der Waals surface area contributed by atoms with Crippen molar-refractivity contribution in [2.24, 2.45) is 4.99 Å². The molecule has 25 heavy (non-hydrogen) atoms. The Morgan fingerprint density at radius 2 is 1.96 bits per heavy atom. The average molecular weight is 354 g/mol. The van der Waals surface area contributed by atoms with E-state index in [-0.39, 0.29) is 18.5 Å². The Morgan fingerprint density at radius 1 is 1.28 bits per heavy atom. The third-order valence-electron chi connectivity index (χ3n) is 4.04. The van der Waals surface area contributed by atoms with Crippen LogP contribution in [0.5, 0.6) is 0 Å². The van der Waals surface area contributed by atoms with Crippen LogP contribution in [0.1, 0.15) is 73.6 Å². The zero-order chi connectivity index (χ0) is 19.2. The number of aliphatic hydroxyl groups excluding tert-OH is 1. The van der Waals surface area contributed by atoms with Crippen LogP contribution in [0.15, 0.2) is 40.3 Å². The van der Waals surface area contributed by atoms with Crippen molar-refractivity contribution in [2.75, 3.05) is 6.61 Å². The fourth-order valence-corrected chi connectivity index (χ4v) is 2.68. The summed E-state index contributed by atoms with van der Waals surface area (Å²) in [5, 5.41) is 8.56. The predicted molar refractivity (Wildman–Crippen MR) is 106 cm³/mol. The molecule has 0 aromatic heterocycles. The van der Waals surface area contributed by atoms with E-state index in [4.69, 9.17) is 9.84 Å². The Labute approximate surface area is 153 Å². The molecule has 1 heterocycles. The van der Waals surface area contributed by atoms with E-state index in [9.17, 15) is 4.39 Å². The minimum absolute atomic E-state index is 0.130. The number of allylic oxidation sites excluding steroid dienone is 5. The van der Waals surface area contributed by atoms with Gasteiger partial charge in [0.25, 0.3) is 0 Å². The number of hydrogen-bond acceptors (Lipinski definition) is 3. The van der Waals surface area contributed by atoms with Crippen molar-refractivity contribution < 1.29 is 14.2 Å². The maximum atomic E-state index is 13.8. The second kappa shape index (κ2) is 14.0. The maximum absolute atomic E-state index is 13.8. The van der Waals surface area contributed by atoms with Crippen molar-refractivity contribution in [2.45, 2.75) is 85.9 Å². The molecule has 1 aliphatic heterocycles. The molecule has 0 amide bonds. The Balaban J connectivity index is 0.000000593. The van der Waals surface area contributed by atoms with Crippen LogP contribution >= 0.6 is 0 Å². The molecule has 0 aromatic rings. The summed E-state index contributed by atoms with van der Waals surface area (Å²) in [6, 6.07) is 0. The third-order valence-corrected chi connectivity index (χ3v) is 4.04. The molecule has 1 N–H and O–H groups in total. The molecule has 1 rings (SSSR count). The van der Waals surface area contributed by atoms with Crippen LogP contribution < -0.4 is 0 Å². The first-order valence-corrected chi connectivity index (χ1v) is 9.39. The van der Waals surface area contributed by atoms with Gasteiger partial charge >= 0.3 is 0 Å². The van der Waals surface area contributed by atoms with Crippen molar-refractivity contribution in [3.05, 3.63) is 35.3 Å². The Bertz CT molecular complexity index is 492. The number of halogens is 1. The smallest absolute Gasteiger partial charge is 0.127 e. The van der Waals surface area contributed by atoms with Gasteiger partial charge in [-0.05, 0) is 53.4 Å². The number of rotatable bonds is 7. The second-order valence-electron chi connectivity index (χ2n) is 6.38. The summed E-state index contributed by atoms with van der Waals surface area (Å²) in [6.45, 7) is 11.9. The van der Waals surface area contributed by atoms with Gasteiger partial charge < -0.3 is 9.84 Å². The molecule has 0 bridgehead atoms. The molecule has 0 aromatic carbocycles. The van der Waals surface area contributed by atoms with Gasteiger partial charge in [-0.2, -0.15) is 0 Å². The Morgan fingerprint density at radius 3 is 2.36 bits per heavy atom. The van der Waals surface area contributed by atoms with Gasteiger partial charge in [-0.15, -0.1) is 0 Å². The summed E-state index contributed by atoms with van der Waals surface area (Å²) in [6.07, 6.45) is 10.7. The standard InChI is InChI=1S/C15H24FN.C6H12O2/c1-6-9-11-17-13(5)15(14(16)8-3)12(4)10-7-2;1-5-2-3-6(4-7)8-5/h8-9,11H,6-7,10H2,1-5H3;5-7H,2-4H2,1H3/b11-9+,14-8+,15-12-,17-13+;. The minimum Gasteiger partial charge on any atom is -0.394 e. The highest BCUT2D eigenvalue weighted by Crippen LogP contribution is 2.21. The first kappa shape index (κ1) is 23.7. The summed E-state index contributed by atoms with van der Waals surface area (Å²) in [7, 11) is 0. The lowest BCUT2D eigenvalue weighted by molar-refractivity contribution is 0.0198. The number of aliphatic hydroxyl groups is 1. The molecule has 1 aliphatic rings. The molecule has 1 fully saturated rings. The highest BCUT2D eigenvalue weighted by atomic mass is 19.1. The van der Waals surface area contributed by atoms with Crippen LogP contribution in [0.3, 0.4) is 0 Å². The fraction of sp³-hybridized carbons (Fsp3) is 0.667. The van der Waals surface area contributed by atoms with E-state index in [2.05, 4.69) is 11.9 Å². The highest BCUT2D eigenvalue weighted by Gasteiger charge is 2.19. The predicted octanol–water partition coefficient (Wildman–Crippen LogP) is 5.91. The highest BCUT2D eigenvalue weighted by molar-refractivity contribution is 6.02. The average Bonchev–Trinajstić information content (AvgIpc) is 3.01. The SMILES string of the molecule is CC1CCC(CO)O1.C\C=C(F)/C(=C(/C)CCC)C(/C)=N/C=C/CC. The lowest BCUT2D eigenvalue weighted by atomic mass is 10.0. The lowest BCUT2D eigenvalue weighted by Crippen LogP contribution is -2.11. The zero-order valence-electron chi connectivity index (χ0n) is 16.8. The summed E-state index contributed by atoms with van der Waals surface area (Å²) in [5.74, 6) is -0.179. The second-order valence-corrected chi connectivity index (χ2v) is 6.38. The molecule has 1 saturated heterocycles. The number of nitrogens with zero attached hydrogens (tertiary/aromatic N) is 1. The van der Waals surface area contributed by atoms with E-state index in [1.807, 2.05) is 33.8 Å². The van der Waals surface area contributed by atoms with Crippen LogP contribution in [0.2, 0.25) is 0 Å². The van der Waals surface area contributed by atoms with Crippen molar-refractivity contribution in [3.8, 4) is 0 Å². The van der Waals surface area contributed by atoms with E-state index in [1.54, 1.807) is 13.1 Å². The van der Waals surface area contributed by atoms with E-state index in [0.717, 1.165) is 43.4 Å². The number of aliphatic imine (C=N–C) groups is 1. The van der Waals surface area contributed by atoms with Crippen molar-refractivity contribution >= 4 is 5.71 Å². The Hall–Kier alpha value is -1.26. The molecule has 4 heteroatoms. The third kappa shape index (κ3) is 9.71. The molecule has 0 aliphatic carbocycles. The molecule has 144 valence electrons.